The zero-order valence-corrected chi connectivity index (χ0v) is 14.3. The molecule has 20 heavy (non-hydrogen) atoms. The van der Waals surface area contributed by atoms with Gasteiger partial charge in [0.05, 0.1) is 11.7 Å². The highest BCUT2D eigenvalue weighted by atomic mass is 35.5. The molecule has 0 unspecified atom stereocenters. The Bertz CT molecular complexity index is 438. The predicted octanol–water partition coefficient (Wildman–Crippen LogP) is 3.75. The zero-order valence-electron chi connectivity index (χ0n) is 12.8. The van der Waals surface area contributed by atoms with Crippen LogP contribution in [-0.4, -0.2) is 26.3 Å². The molecule has 6 atom stereocenters. The molecule has 4 heteroatoms. The molecule has 0 aromatic rings. The van der Waals surface area contributed by atoms with Crippen molar-refractivity contribution in [3.63, 3.8) is 0 Å². The van der Waals surface area contributed by atoms with E-state index in [1.807, 2.05) is 0 Å². The highest BCUT2D eigenvalue weighted by Gasteiger charge is 2.77. The highest BCUT2D eigenvalue weighted by molar-refractivity contribution is 6.51. The minimum Gasteiger partial charge on any atom is -0.393 e. The first-order valence-electron chi connectivity index (χ1n) is 7.77. The second-order valence-corrected chi connectivity index (χ2v) is 9.73. The van der Waals surface area contributed by atoms with Crippen LogP contribution in [0.2, 0.25) is 0 Å². The van der Waals surface area contributed by atoms with Gasteiger partial charge in [-0.2, -0.15) is 0 Å². The molecule has 3 rings (SSSR count). The van der Waals surface area contributed by atoms with E-state index < -0.39 is 16.0 Å². The molecule has 0 bridgehead atoms. The third-order valence-electron chi connectivity index (χ3n) is 6.96. The monoisotopic (exact) mass is 320 g/mol. The van der Waals surface area contributed by atoms with Gasteiger partial charge in [0.1, 0.15) is 4.33 Å². The number of alkyl halides is 2. The lowest BCUT2D eigenvalue weighted by atomic mass is 9.67. The molecule has 116 valence electrons. The van der Waals surface area contributed by atoms with Crippen molar-refractivity contribution in [1.29, 1.82) is 0 Å². The fourth-order valence-electron chi connectivity index (χ4n) is 5.40. The van der Waals surface area contributed by atoms with Crippen LogP contribution in [0.5, 0.6) is 0 Å². The van der Waals surface area contributed by atoms with Crippen LogP contribution < -0.4 is 0 Å². The van der Waals surface area contributed by atoms with Gasteiger partial charge in [-0.05, 0) is 37.0 Å². The number of hydrogen-bond acceptors (Lipinski definition) is 2. The van der Waals surface area contributed by atoms with Gasteiger partial charge in [-0.1, -0.05) is 27.7 Å². The summed E-state index contributed by atoms with van der Waals surface area (Å²) >= 11 is 12.9. The summed E-state index contributed by atoms with van der Waals surface area (Å²) in [5, 5.41) is 21.9. The maximum atomic E-state index is 11.1. The average Bonchev–Trinajstić information content (AvgIpc) is 2.61. The summed E-state index contributed by atoms with van der Waals surface area (Å²) in [5.74, 6) is 0.323. The quantitative estimate of drug-likeness (QED) is 0.722. The van der Waals surface area contributed by atoms with Crippen LogP contribution in [0.15, 0.2) is 0 Å². The number of hydrogen-bond donors (Lipinski definition) is 2. The Hall–Kier alpha value is 0.500. The molecule has 2 nitrogen and oxygen atoms in total. The van der Waals surface area contributed by atoms with E-state index in [1.165, 1.54) is 0 Å². The van der Waals surface area contributed by atoms with Gasteiger partial charge in [0.25, 0.3) is 0 Å². The molecule has 3 fully saturated rings. The first-order valence-corrected chi connectivity index (χ1v) is 8.53. The van der Waals surface area contributed by atoms with Crippen molar-refractivity contribution in [2.45, 2.75) is 69.4 Å². The third-order valence-corrected chi connectivity index (χ3v) is 8.35. The molecule has 0 aromatic carbocycles. The van der Waals surface area contributed by atoms with Crippen molar-refractivity contribution in [3.05, 3.63) is 0 Å². The van der Waals surface area contributed by atoms with E-state index in [-0.39, 0.29) is 28.6 Å². The lowest BCUT2D eigenvalue weighted by molar-refractivity contribution is -0.112. The van der Waals surface area contributed by atoms with E-state index in [1.54, 1.807) is 0 Å². The molecule has 0 heterocycles. The van der Waals surface area contributed by atoms with E-state index in [0.29, 0.717) is 6.42 Å². The van der Waals surface area contributed by atoms with E-state index in [4.69, 9.17) is 23.2 Å². The topological polar surface area (TPSA) is 40.5 Å². The van der Waals surface area contributed by atoms with Gasteiger partial charge in [-0.15, -0.1) is 23.2 Å². The van der Waals surface area contributed by atoms with Crippen molar-refractivity contribution >= 4 is 23.2 Å². The van der Waals surface area contributed by atoms with Crippen LogP contribution in [0, 0.1) is 28.6 Å². The summed E-state index contributed by atoms with van der Waals surface area (Å²) in [7, 11) is 0. The Labute approximate surface area is 131 Å². The molecule has 0 aliphatic heterocycles. The van der Waals surface area contributed by atoms with Gasteiger partial charge >= 0.3 is 0 Å². The lowest BCUT2D eigenvalue weighted by Gasteiger charge is -2.43. The van der Waals surface area contributed by atoms with Gasteiger partial charge in [0.2, 0.25) is 0 Å². The first kappa shape index (κ1) is 15.4. The van der Waals surface area contributed by atoms with Crippen LogP contribution in [0.4, 0.5) is 0 Å². The summed E-state index contributed by atoms with van der Waals surface area (Å²) in [6.07, 6.45) is 2.70. The average molecular weight is 321 g/mol. The van der Waals surface area contributed by atoms with E-state index in [0.717, 1.165) is 19.3 Å². The van der Waals surface area contributed by atoms with E-state index in [2.05, 4.69) is 27.7 Å². The molecule has 0 aromatic heterocycles. The largest absolute Gasteiger partial charge is 0.393 e. The summed E-state index contributed by atoms with van der Waals surface area (Å²) in [5.41, 5.74) is -1.03. The van der Waals surface area contributed by atoms with Crippen molar-refractivity contribution in [3.8, 4) is 0 Å². The first-order chi connectivity index (χ1) is 8.99. The highest BCUT2D eigenvalue weighted by Crippen LogP contribution is 2.77. The summed E-state index contributed by atoms with van der Waals surface area (Å²) in [6.45, 7) is 8.40. The molecule has 0 amide bonds. The fraction of sp³-hybridized carbons (Fsp3) is 1.00. The number of aliphatic hydroxyl groups is 2. The maximum absolute atomic E-state index is 11.1. The molecule has 0 saturated heterocycles. The number of aliphatic hydroxyl groups excluding tert-OH is 1. The van der Waals surface area contributed by atoms with Crippen LogP contribution in [0.3, 0.4) is 0 Å². The molecular weight excluding hydrogens is 295 g/mol. The van der Waals surface area contributed by atoms with Gasteiger partial charge in [0, 0.05) is 17.3 Å². The SMILES string of the molecule is CC(C)[C@]1(O)CC[C@]2(C)C[C@H]3C(Cl)(Cl)[C@@]3(C)C[C@H](O)[C@H]21. The minimum atomic E-state index is -0.761. The van der Waals surface area contributed by atoms with Crippen LogP contribution in [0.1, 0.15) is 53.4 Å². The Morgan fingerprint density at radius 3 is 2.25 bits per heavy atom. The Morgan fingerprint density at radius 2 is 1.70 bits per heavy atom. The fourth-order valence-corrected chi connectivity index (χ4v) is 6.34. The second kappa shape index (κ2) is 4.07. The summed E-state index contributed by atoms with van der Waals surface area (Å²) < 4.78 is -0.708. The smallest absolute Gasteiger partial charge is 0.127 e. The molecule has 3 aliphatic carbocycles. The predicted molar refractivity (Wildman–Crippen MR) is 81.9 cm³/mol. The molecular formula is C16H26Cl2O2. The Morgan fingerprint density at radius 1 is 1.10 bits per heavy atom. The van der Waals surface area contributed by atoms with Gasteiger partial charge in [0.15, 0.2) is 0 Å². The summed E-state index contributed by atoms with van der Waals surface area (Å²) in [4.78, 5) is 0. The van der Waals surface area contributed by atoms with Crippen molar-refractivity contribution < 1.29 is 10.2 Å². The third kappa shape index (κ3) is 1.66. The van der Waals surface area contributed by atoms with Crippen molar-refractivity contribution in [2.75, 3.05) is 0 Å². The van der Waals surface area contributed by atoms with Crippen LogP contribution in [-0.2, 0) is 0 Å². The Kier molecular flexibility index (Phi) is 3.13. The normalized spacial score (nSPS) is 57.1. The number of fused-ring (bicyclic) bond motifs is 2. The minimum absolute atomic E-state index is 0.0631. The van der Waals surface area contributed by atoms with Gasteiger partial charge < -0.3 is 10.2 Å². The number of halogens is 2. The molecule has 0 radical (unpaired) electrons. The van der Waals surface area contributed by atoms with Crippen molar-refractivity contribution in [1.82, 2.24) is 0 Å². The van der Waals surface area contributed by atoms with Crippen LogP contribution in [0.25, 0.3) is 0 Å². The molecule has 3 saturated carbocycles. The molecule has 3 aliphatic rings. The zero-order chi connectivity index (χ0) is 15.1. The standard InChI is InChI=1S/C16H26Cl2O2/c1-9(2)15(20)6-5-13(3)8-11-14(4,16(11,17)18)7-10(19)12(13)15/h9-12,19-20H,5-8H2,1-4H3/t10-,11+,12+,13+,14-,15+/m0/s1. The van der Waals surface area contributed by atoms with E-state index in [9.17, 15) is 10.2 Å². The van der Waals surface area contributed by atoms with Gasteiger partial charge in [-0.3, -0.25) is 0 Å². The Balaban J connectivity index is 1.99. The lowest BCUT2D eigenvalue weighted by Crippen LogP contribution is -2.49. The second-order valence-electron chi connectivity index (χ2n) is 8.35. The maximum Gasteiger partial charge on any atom is 0.127 e. The van der Waals surface area contributed by atoms with E-state index >= 15 is 0 Å². The van der Waals surface area contributed by atoms with Gasteiger partial charge in [-0.25, -0.2) is 0 Å². The number of rotatable bonds is 1. The molecule has 2 N–H and O–H groups in total. The summed E-state index contributed by atoms with van der Waals surface area (Å²) in [6, 6.07) is 0. The van der Waals surface area contributed by atoms with Crippen molar-refractivity contribution in [2.24, 2.45) is 28.6 Å². The molecule has 0 spiro atoms. The van der Waals surface area contributed by atoms with Crippen LogP contribution >= 0.6 is 23.2 Å².